The fourth-order valence-electron chi connectivity index (χ4n) is 2.47. The van der Waals surface area contributed by atoms with E-state index < -0.39 is 0 Å². The Morgan fingerprint density at radius 3 is 3.14 bits per heavy atom. The van der Waals surface area contributed by atoms with E-state index in [0.29, 0.717) is 0 Å². The summed E-state index contributed by atoms with van der Waals surface area (Å²) in [7, 11) is 0. The maximum absolute atomic E-state index is 4.48. The van der Waals surface area contributed by atoms with E-state index in [4.69, 9.17) is 0 Å². The van der Waals surface area contributed by atoms with Crippen molar-refractivity contribution < 1.29 is 0 Å². The average molecular weight is 294 g/mol. The number of nitrogens with zero attached hydrogens (tertiary/aromatic N) is 3. The van der Waals surface area contributed by atoms with Crippen LogP contribution in [0.3, 0.4) is 0 Å². The molecule has 0 unspecified atom stereocenters. The lowest BCUT2D eigenvalue weighted by Gasteiger charge is -2.05. The van der Waals surface area contributed by atoms with Crippen LogP contribution in [-0.2, 0) is 6.54 Å². The highest BCUT2D eigenvalue weighted by atomic mass is 32.1. The molecule has 5 heteroatoms. The third kappa shape index (κ3) is 2.25. The number of hydrogen-bond donors (Lipinski definition) is 1. The van der Waals surface area contributed by atoms with Crippen LogP contribution in [0.5, 0.6) is 0 Å². The number of pyridine rings is 1. The molecule has 0 radical (unpaired) electrons. The van der Waals surface area contributed by atoms with Gasteiger partial charge in [-0.3, -0.25) is 0 Å². The third-order valence-corrected chi connectivity index (χ3v) is 4.42. The molecule has 104 valence electrons. The molecule has 4 aromatic rings. The van der Waals surface area contributed by atoms with E-state index in [9.17, 15) is 0 Å². The first-order chi connectivity index (χ1) is 10.3. The Balaban J connectivity index is 1.60. The van der Waals surface area contributed by atoms with Gasteiger partial charge in [0.05, 0.1) is 26.9 Å². The number of aryl methyl sites for hydroxylation is 1. The lowest BCUT2D eigenvalue weighted by Crippen LogP contribution is -1.98. The quantitative estimate of drug-likeness (QED) is 0.624. The summed E-state index contributed by atoms with van der Waals surface area (Å²) in [6, 6.07) is 12.4. The van der Waals surface area contributed by atoms with Gasteiger partial charge in [-0.15, -0.1) is 11.3 Å². The van der Waals surface area contributed by atoms with E-state index in [1.54, 1.807) is 11.3 Å². The van der Waals surface area contributed by atoms with Crippen LogP contribution in [0, 0.1) is 6.92 Å². The van der Waals surface area contributed by atoms with E-state index >= 15 is 0 Å². The molecule has 4 rings (SSSR count). The smallest absolute Gasteiger partial charge is 0.0907 e. The minimum atomic E-state index is 0.761. The van der Waals surface area contributed by atoms with Crippen LogP contribution >= 0.6 is 11.3 Å². The van der Waals surface area contributed by atoms with Gasteiger partial charge in [0, 0.05) is 24.0 Å². The molecule has 0 fully saturated rings. The summed E-state index contributed by atoms with van der Waals surface area (Å²) in [6.45, 7) is 2.80. The van der Waals surface area contributed by atoms with Crippen molar-refractivity contribution in [1.82, 2.24) is 14.6 Å². The summed E-state index contributed by atoms with van der Waals surface area (Å²) >= 11 is 1.72. The molecule has 0 amide bonds. The van der Waals surface area contributed by atoms with Crippen LogP contribution < -0.4 is 5.32 Å². The molecule has 0 aliphatic heterocycles. The number of benzene rings is 1. The van der Waals surface area contributed by atoms with Crippen LogP contribution in [0.25, 0.3) is 15.7 Å². The molecule has 0 aliphatic rings. The van der Waals surface area contributed by atoms with Gasteiger partial charge in [-0.05, 0) is 37.3 Å². The molecule has 1 N–H and O–H groups in total. The molecule has 0 atom stereocenters. The predicted molar refractivity (Wildman–Crippen MR) is 86.9 cm³/mol. The van der Waals surface area contributed by atoms with Crippen LogP contribution in [0.4, 0.5) is 5.69 Å². The van der Waals surface area contributed by atoms with E-state index in [0.717, 1.165) is 28.3 Å². The maximum atomic E-state index is 4.48. The minimum Gasteiger partial charge on any atom is -0.381 e. The maximum Gasteiger partial charge on any atom is 0.0907 e. The first-order valence-electron chi connectivity index (χ1n) is 6.82. The lowest BCUT2D eigenvalue weighted by atomic mass is 10.2. The molecule has 0 saturated carbocycles. The number of hydrogen-bond acceptors (Lipinski definition) is 4. The first-order valence-corrected chi connectivity index (χ1v) is 7.63. The molecule has 0 saturated heterocycles. The number of fused-ring (bicyclic) bond motifs is 2. The van der Waals surface area contributed by atoms with Crippen molar-refractivity contribution in [3.63, 3.8) is 0 Å². The number of thiazole rings is 1. The minimum absolute atomic E-state index is 0.761. The molecule has 3 aromatic heterocycles. The average Bonchev–Trinajstić information content (AvgIpc) is 3.07. The zero-order chi connectivity index (χ0) is 14.2. The van der Waals surface area contributed by atoms with Crippen molar-refractivity contribution in [2.75, 3.05) is 5.32 Å². The molecule has 21 heavy (non-hydrogen) atoms. The Labute approximate surface area is 126 Å². The van der Waals surface area contributed by atoms with Gasteiger partial charge < -0.3 is 5.32 Å². The normalized spacial score (nSPS) is 11.3. The molecule has 0 spiro atoms. The first kappa shape index (κ1) is 12.3. The van der Waals surface area contributed by atoms with E-state index in [2.05, 4.69) is 39.7 Å². The highest BCUT2D eigenvalue weighted by molar-refractivity contribution is 7.18. The second kappa shape index (κ2) is 4.86. The second-order valence-corrected chi connectivity index (χ2v) is 6.20. The summed E-state index contributed by atoms with van der Waals surface area (Å²) < 4.78 is 3.12. The van der Waals surface area contributed by atoms with Gasteiger partial charge in [0.15, 0.2) is 0 Å². The Morgan fingerprint density at radius 1 is 1.24 bits per heavy atom. The van der Waals surface area contributed by atoms with E-state index in [1.807, 2.05) is 36.0 Å². The van der Waals surface area contributed by atoms with E-state index in [-0.39, 0.29) is 0 Å². The van der Waals surface area contributed by atoms with Crippen LogP contribution in [0.1, 0.15) is 10.6 Å². The van der Waals surface area contributed by atoms with E-state index in [1.165, 1.54) is 10.3 Å². The highest BCUT2D eigenvalue weighted by Crippen LogP contribution is 2.25. The SMILES string of the molecule is Cc1nc2ccc(NCc3cnn4ccccc34)cc2s1. The van der Waals surface area contributed by atoms with Crippen LogP contribution in [-0.4, -0.2) is 14.6 Å². The van der Waals surface area contributed by atoms with Gasteiger partial charge in [0.2, 0.25) is 0 Å². The molecule has 1 aromatic carbocycles. The standard InChI is InChI=1S/C16H14N4S/c1-11-19-14-6-5-13(8-16(14)21-11)17-9-12-10-18-20-7-3-2-4-15(12)20/h2-8,10,17H,9H2,1H3. The van der Waals surface area contributed by atoms with Crippen LogP contribution in [0.15, 0.2) is 48.8 Å². The summed E-state index contributed by atoms with van der Waals surface area (Å²) in [5.74, 6) is 0. The molecule has 0 bridgehead atoms. The van der Waals surface area contributed by atoms with Gasteiger partial charge >= 0.3 is 0 Å². The molecule has 3 heterocycles. The summed E-state index contributed by atoms with van der Waals surface area (Å²) in [6.07, 6.45) is 3.88. The third-order valence-electron chi connectivity index (χ3n) is 3.48. The Kier molecular flexibility index (Phi) is 2.86. The lowest BCUT2D eigenvalue weighted by molar-refractivity contribution is 0.961. The summed E-state index contributed by atoms with van der Waals surface area (Å²) in [4.78, 5) is 4.48. The fourth-order valence-corrected chi connectivity index (χ4v) is 3.34. The molecular weight excluding hydrogens is 280 g/mol. The number of nitrogens with one attached hydrogen (secondary N) is 1. The van der Waals surface area contributed by atoms with Crippen molar-refractivity contribution in [3.05, 3.63) is 59.4 Å². The monoisotopic (exact) mass is 294 g/mol. The molecule has 0 aliphatic carbocycles. The van der Waals surface area contributed by atoms with Crippen molar-refractivity contribution in [2.24, 2.45) is 0 Å². The Bertz CT molecular complexity index is 922. The predicted octanol–water partition coefficient (Wildman–Crippen LogP) is 3.86. The topological polar surface area (TPSA) is 42.2 Å². The van der Waals surface area contributed by atoms with Gasteiger partial charge in [-0.1, -0.05) is 6.07 Å². The zero-order valence-electron chi connectivity index (χ0n) is 11.6. The Hall–Kier alpha value is -2.40. The van der Waals surface area contributed by atoms with Crippen molar-refractivity contribution in [2.45, 2.75) is 13.5 Å². The van der Waals surface area contributed by atoms with Crippen molar-refractivity contribution in [1.29, 1.82) is 0 Å². The largest absolute Gasteiger partial charge is 0.381 e. The molecule has 4 nitrogen and oxygen atoms in total. The molecular formula is C16H14N4S. The second-order valence-electron chi connectivity index (χ2n) is 4.97. The number of anilines is 1. The van der Waals surface area contributed by atoms with Gasteiger partial charge in [-0.25, -0.2) is 9.50 Å². The van der Waals surface area contributed by atoms with Gasteiger partial charge in [0.25, 0.3) is 0 Å². The summed E-state index contributed by atoms with van der Waals surface area (Å²) in [5, 5.41) is 8.92. The van der Waals surface area contributed by atoms with Gasteiger partial charge in [-0.2, -0.15) is 5.10 Å². The fraction of sp³-hybridized carbons (Fsp3) is 0.125. The van der Waals surface area contributed by atoms with Gasteiger partial charge in [0.1, 0.15) is 0 Å². The summed E-state index contributed by atoms with van der Waals surface area (Å²) in [5.41, 5.74) is 4.51. The highest BCUT2D eigenvalue weighted by Gasteiger charge is 2.04. The zero-order valence-corrected chi connectivity index (χ0v) is 12.4. The number of aromatic nitrogens is 3. The van der Waals surface area contributed by atoms with Crippen LogP contribution in [0.2, 0.25) is 0 Å². The van der Waals surface area contributed by atoms with Crippen molar-refractivity contribution >= 4 is 32.8 Å². The Morgan fingerprint density at radius 2 is 2.19 bits per heavy atom. The number of rotatable bonds is 3. The van der Waals surface area contributed by atoms with Crippen molar-refractivity contribution in [3.8, 4) is 0 Å².